The number of urea groups is 1. The summed E-state index contributed by atoms with van der Waals surface area (Å²) in [6.45, 7) is 4.16. The van der Waals surface area contributed by atoms with Crippen molar-refractivity contribution in [2.75, 3.05) is 5.32 Å². The fourth-order valence-corrected chi connectivity index (χ4v) is 2.57. The van der Waals surface area contributed by atoms with Crippen molar-refractivity contribution >= 4 is 11.7 Å². The van der Waals surface area contributed by atoms with E-state index in [1.165, 1.54) is 0 Å². The molecular weight excluding hydrogens is 335 g/mol. The molecule has 0 radical (unpaired) electrons. The van der Waals surface area contributed by atoms with Gasteiger partial charge in [-0.25, -0.2) is 24.1 Å². The lowest BCUT2D eigenvalue weighted by molar-refractivity contribution is 0.251. The molecule has 8 heteroatoms. The van der Waals surface area contributed by atoms with Crippen LogP contribution in [0.5, 0.6) is 0 Å². The van der Waals surface area contributed by atoms with E-state index in [1.807, 2.05) is 37.4 Å². The molecule has 3 aromatic rings. The molecule has 0 aliphatic rings. The van der Waals surface area contributed by atoms with Crippen molar-refractivity contribution < 1.29 is 9.18 Å². The second kappa shape index (κ2) is 7.73. The van der Waals surface area contributed by atoms with Crippen molar-refractivity contribution in [2.24, 2.45) is 0 Å². The molecule has 2 amide bonds. The zero-order chi connectivity index (χ0) is 18.5. The molecule has 2 N–H and O–H groups in total. The van der Waals surface area contributed by atoms with Crippen molar-refractivity contribution in [3.05, 3.63) is 72.1 Å². The Hall–Kier alpha value is -3.29. The van der Waals surface area contributed by atoms with Crippen LogP contribution in [0.2, 0.25) is 0 Å². The summed E-state index contributed by atoms with van der Waals surface area (Å²) in [6, 6.07) is 7.36. The fourth-order valence-electron chi connectivity index (χ4n) is 2.57. The highest BCUT2D eigenvalue weighted by Crippen LogP contribution is 2.21. The molecule has 7 nitrogen and oxygen atoms in total. The number of halogens is 1. The summed E-state index contributed by atoms with van der Waals surface area (Å²) in [5.41, 5.74) is 1.78. The second-order valence-corrected chi connectivity index (χ2v) is 5.80. The summed E-state index contributed by atoms with van der Waals surface area (Å²) in [5.74, 6) is 0.766. The quantitative estimate of drug-likeness (QED) is 0.737. The Labute approximate surface area is 150 Å². The Bertz CT molecular complexity index is 875. The summed E-state index contributed by atoms with van der Waals surface area (Å²) in [5, 5.41) is 5.36. The number of hydrogen-bond acceptors (Lipinski definition) is 4. The molecule has 3 rings (SSSR count). The predicted octanol–water partition coefficient (Wildman–Crippen LogP) is 3.05. The third kappa shape index (κ3) is 4.21. The summed E-state index contributed by atoms with van der Waals surface area (Å²) in [6.07, 6.45) is 5.83. The van der Waals surface area contributed by atoms with Gasteiger partial charge in [0.15, 0.2) is 5.82 Å². The van der Waals surface area contributed by atoms with Crippen LogP contribution in [0.25, 0.3) is 0 Å². The SMILES string of the molecule is Cc1nccn1[C@H](C)c1ccc(NC(=O)NCc2ncc(F)cn2)cc1. The van der Waals surface area contributed by atoms with Crippen LogP contribution in [0.1, 0.15) is 30.2 Å². The highest BCUT2D eigenvalue weighted by atomic mass is 19.1. The van der Waals surface area contributed by atoms with E-state index in [-0.39, 0.29) is 18.6 Å². The van der Waals surface area contributed by atoms with Gasteiger partial charge >= 0.3 is 6.03 Å². The van der Waals surface area contributed by atoms with E-state index in [4.69, 9.17) is 0 Å². The van der Waals surface area contributed by atoms with E-state index in [1.54, 1.807) is 6.20 Å². The number of benzene rings is 1. The van der Waals surface area contributed by atoms with Crippen LogP contribution in [0.3, 0.4) is 0 Å². The molecule has 26 heavy (non-hydrogen) atoms. The van der Waals surface area contributed by atoms with Gasteiger partial charge in [-0.2, -0.15) is 0 Å². The molecule has 0 aliphatic heterocycles. The van der Waals surface area contributed by atoms with Crippen LogP contribution >= 0.6 is 0 Å². The molecule has 0 unspecified atom stereocenters. The van der Waals surface area contributed by atoms with Crippen molar-refractivity contribution in [2.45, 2.75) is 26.4 Å². The summed E-state index contributed by atoms with van der Waals surface area (Å²) < 4.78 is 14.8. The lowest BCUT2D eigenvalue weighted by atomic mass is 10.1. The Balaban J connectivity index is 1.56. The summed E-state index contributed by atoms with van der Waals surface area (Å²) >= 11 is 0. The standard InChI is InChI=1S/C18H19FN6O/c1-12(25-8-7-20-13(25)2)14-3-5-16(6-4-14)24-18(26)23-11-17-21-9-15(19)10-22-17/h3-10,12H,11H2,1-2H3,(H2,23,24,26)/t12-/m1/s1. The predicted molar refractivity (Wildman–Crippen MR) is 95.1 cm³/mol. The van der Waals surface area contributed by atoms with Crippen molar-refractivity contribution in [1.29, 1.82) is 0 Å². The number of imidazole rings is 1. The Morgan fingerprint density at radius 3 is 2.50 bits per heavy atom. The van der Waals surface area contributed by atoms with Crippen LogP contribution in [-0.4, -0.2) is 25.6 Å². The number of nitrogens with one attached hydrogen (secondary N) is 2. The monoisotopic (exact) mass is 354 g/mol. The van der Waals surface area contributed by atoms with Gasteiger partial charge in [0.1, 0.15) is 11.6 Å². The van der Waals surface area contributed by atoms with Crippen LogP contribution < -0.4 is 10.6 Å². The Morgan fingerprint density at radius 2 is 1.88 bits per heavy atom. The zero-order valence-electron chi connectivity index (χ0n) is 14.5. The Morgan fingerprint density at radius 1 is 1.19 bits per heavy atom. The first kappa shape index (κ1) is 17.5. The molecule has 1 aromatic carbocycles. The smallest absolute Gasteiger partial charge is 0.319 e. The van der Waals surface area contributed by atoms with Gasteiger partial charge in [-0.3, -0.25) is 0 Å². The van der Waals surface area contributed by atoms with E-state index >= 15 is 0 Å². The van der Waals surface area contributed by atoms with Crippen molar-refractivity contribution in [3.63, 3.8) is 0 Å². The van der Waals surface area contributed by atoms with Crippen LogP contribution in [0.4, 0.5) is 14.9 Å². The molecule has 0 saturated heterocycles. The van der Waals surface area contributed by atoms with Gasteiger partial charge in [0.05, 0.1) is 25.0 Å². The largest absolute Gasteiger partial charge is 0.331 e. The summed E-state index contributed by atoms with van der Waals surface area (Å²) in [7, 11) is 0. The highest BCUT2D eigenvalue weighted by Gasteiger charge is 2.10. The fraction of sp³-hybridized carbons (Fsp3) is 0.222. The number of rotatable bonds is 5. The molecule has 0 bridgehead atoms. The number of amides is 2. The maximum atomic E-state index is 12.7. The van der Waals surface area contributed by atoms with Gasteiger partial charge in [0.2, 0.25) is 0 Å². The van der Waals surface area contributed by atoms with Crippen LogP contribution in [0.15, 0.2) is 49.1 Å². The Kier molecular flexibility index (Phi) is 5.21. The minimum Gasteiger partial charge on any atom is -0.331 e. The second-order valence-electron chi connectivity index (χ2n) is 5.80. The van der Waals surface area contributed by atoms with Gasteiger partial charge in [0, 0.05) is 18.1 Å². The van der Waals surface area contributed by atoms with E-state index in [9.17, 15) is 9.18 Å². The zero-order valence-corrected chi connectivity index (χ0v) is 14.5. The number of carbonyl (C=O) groups excluding carboxylic acids is 1. The van der Waals surface area contributed by atoms with E-state index in [2.05, 4.69) is 37.1 Å². The third-order valence-corrected chi connectivity index (χ3v) is 4.01. The third-order valence-electron chi connectivity index (χ3n) is 4.01. The average Bonchev–Trinajstić information content (AvgIpc) is 3.07. The van der Waals surface area contributed by atoms with E-state index in [0.717, 1.165) is 23.8 Å². The first-order valence-corrected chi connectivity index (χ1v) is 8.13. The minimum absolute atomic E-state index is 0.112. The highest BCUT2D eigenvalue weighted by molar-refractivity contribution is 5.89. The first-order chi connectivity index (χ1) is 12.5. The maximum absolute atomic E-state index is 12.7. The van der Waals surface area contributed by atoms with Gasteiger partial charge in [-0.05, 0) is 31.5 Å². The molecule has 0 aliphatic carbocycles. The lowest BCUT2D eigenvalue weighted by Gasteiger charge is -2.16. The van der Waals surface area contributed by atoms with Gasteiger partial charge in [-0.1, -0.05) is 12.1 Å². The number of hydrogen-bond donors (Lipinski definition) is 2. The number of carbonyl (C=O) groups is 1. The molecule has 0 saturated carbocycles. The van der Waals surface area contributed by atoms with E-state index in [0.29, 0.717) is 11.5 Å². The van der Waals surface area contributed by atoms with Crippen LogP contribution in [0, 0.1) is 12.7 Å². The molecule has 0 fully saturated rings. The van der Waals surface area contributed by atoms with E-state index < -0.39 is 5.82 Å². The van der Waals surface area contributed by atoms with Gasteiger partial charge < -0.3 is 15.2 Å². The molecular formula is C18H19FN6O. The first-order valence-electron chi connectivity index (χ1n) is 8.13. The van der Waals surface area contributed by atoms with Crippen molar-refractivity contribution in [3.8, 4) is 0 Å². The van der Waals surface area contributed by atoms with Gasteiger partial charge in [-0.15, -0.1) is 0 Å². The van der Waals surface area contributed by atoms with Crippen molar-refractivity contribution in [1.82, 2.24) is 24.8 Å². The maximum Gasteiger partial charge on any atom is 0.319 e. The lowest BCUT2D eigenvalue weighted by Crippen LogP contribution is -2.28. The molecule has 0 spiro atoms. The summed E-state index contributed by atoms with van der Waals surface area (Å²) in [4.78, 5) is 23.7. The topological polar surface area (TPSA) is 84.7 Å². The molecule has 2 aromatic heterocycles. The number of aromatic nitrogens is 4. The molecule has 1 atom stereocenters. The molecule has 134 valence electrons. The van der Waals surface area contributed by atoms with Crippen LogP contribution in [-0.2, 0) is 6.54 Å². The molecule has 2 heterocycles. The number of nitrogens with zero attached hydrogens (tertiary/aromatic N) is 4. The normalized spacial score (nSPS) is 11.8. The number of aryl methyl sites for hydroxylation is 1. The average molecular weight is 354 g/mol. The number of anilines is 1. The minimum atomic E-state index is -0.515. The van der Waals surface area contributed by atoms with Gasteiger partial charge in [0.25, 0.3) is 0 Å².